The van der Waals surface area contributed by atoms with Crippen LogP contribution in [-0.2, 0) is 0 Å². The minimum atomic E-state index is 0.0350. The second kappa shape index (κ2) is 2.91. The zero-order chi connectivity index (χ0) is 10.3. The number of anilines is 1. The van der Waals surface area contributed by atoms with E-state index in [4.69, 9.17) is 4.74 Å². The van der Waals surface area contributed by atoms with Gasteiger partial charge in [0.2, 0.25) is 0 Å². The summed E-state index contributed by atoms with van der Waals surface area (Å²) in [6, 6.07) is 4.29. The van der Waals surface area contributed by atoms with E-state index in [1.54, 1.807) is 0 Å². The van der Waals surface area contributed by atoms with Gasteiger partial charge in [-0.05, 0) is 44.9 Å². The van der Waals surface area contributed by atoms with Crippen LogP contribution in [0.15, 0.2) is 12.1 Å². The van der Waals surface area contributed by atoms with Gasteiger partial charge in [0, 0.05) is 0 Å². The summed E-state index contributed by atoms with van der Waals surface area (Å²) in [4.78, 5) is 0. The number of ether oxygens (including phenoxy) is 1. The molecule has 0 saturated carbocycles. The quantitative estimate of drug-likeness (QED) is 0.680. The molecule has 1 aromatic rings. The Balaban J connectivity index is 2.47. The van der Waals surface area contributed by atoms with Gasteiger partial charge in [0.25, 0.3) is 0 Å². The summed E-state index contributed by atoms with van der Waals surface area (Å²) in [7, 11) is 0. The molecular weight excluding hydrogens is 174 g/mol. The Morgan fingerprint density at radius 3 is 2.71 bits per heavy atom. The van der Waals surface area contributed by atoms with Gasteiger partial charge in [-0.2, -0.15) is 0 Å². The van der Waals surface area contributed by atoms with E-state index in [-0.39, 0.29) is 5.54 Å². The Kier molecular flexibility index (Phi) is 1.95. The van der Waals surface area contributed by atoms with Crippen molar-refractivity contribution >= 4 is 5.69 Å². The molecule has 76 valence electrons. The molecule has 0 aliphatic carbocycles. The molecule has 0 aromatic heterocycles. The van der Waals surface area contributed by atoms with Crippen LogP contribution in [0.25, 0.3) is 0 Å². The van der Waals surface area contributed by atoms with Crippen LogP contribution >= 0.6 is 0 Å². The Morgan fingerprint density at radius 2 is 2.00 bits per heavy atom. The van der Waals surface area contributed by atoms with Gasteiger partial charge >= 0.3 is 0 Å². The van der Waals surface area contributed by atoms with Crippen LogP contribution in [0.1, 0.15) is 25.0 Å². The molecule has 0 bridgehead atoms. The molecule has 0 fully saturated rings. The number of nitrogens with one attached hydrogen (secondary N) is 1. The third-order valence-electron chi connectivity index (χ3n) is 2.47. The predicted molar refractivity (Wildman–Crippen MR) is 59.1 cm³/mol. The lowest BCUT2D eigenvalue weighted by atomic mass is 10.0. The van der Waals surface area contributed by atoms with Gasteiger partial charge in [-0.3, -0.25) is 0 Å². The predicted octanol–water partition coefficient (Wildman–Crippen LogP) is 2.89. The van der Waals surface area contributed by atoms with Crippen LogP contribution in [0.3, 0.4) is 0 Å². The molecule has 2 nitrogen and oxygen atoms in total. The maximum atomic E-state index is 5.76. The number of rotatable bonds is 0. The molecule has 2 rings (SSSR count). The van der Waals surface area contributed by atoms with Crippen LogP contribution < -0.4 is 10.1 Å². The first-order valence-corrected chi connectivity index (χ1v) is 5.00. The number of aryl methyl sites for hydroxylation is 2. The fourth-order valence-corrected chi connectivity index (χ4v) is 1.89. The molecule has 0 saturated heterocycles. The van der Waals surface area contributed by atoms with Crippen LogP contribution in [-0.4, -0.2) is 12.1 Å². The fraction of sp³-hybridized carbons (Fsp3) is 0.500. The number of hydrogen-bond donors (Lipinski definition) is 1. The lowest BCUT2D eigenvalue weighted by molar-refractivity contribution is 0.240. The Morgan fingerprint density at radius 1 is 1.29 bits per heavy atom. The van der Waals surface area contributed by atoms with E-state index in [0.717, 1.165) is 18.0 Å². The third kappa shape index (κ3) is 1.57. The minimum Gasteiger partial charge on any atom is -0.489 e. The average molecular weight is 191 g/mol. The molecular formula is C12H17NO. The monoisotopic (exact) mass is 191 g/mol. The van der Waals surface area contributed by atoms with E-state index in [9.17, 15) is 0 Å². The molecule has 2 heteroatoms. The van der Waals surface area contributed by atoms with Crippen molar-refractivity contribution in [2.24, 2.45) is 0 Å². The summed E-state index contributed by atoms with van der Waals surface area (Å²) in [6.07, 6.45) is 0. The minimum absolute atomic E-state index is 0.0350. The zero-order valence-corrected chi connectivity index (χ0v) is 9.27. The van der Waals surface area contributed by atoms with Crippen molar-refractivity contribution in [2.45, 2.75) is 33.2 Å². The van der Waals surface area contributed by atoms with Crippen LogP contribution in [0, 0.1) is 13.8 Å². The molecule has 1 aliphatic rings. The normalized spacial score (nSPS) is 18.0. The Hall–Kier alpha value is -1.18. The van der Waals surface area contributed by atoms with Gasteiger partial charge in [0.05, 0.1) is 11.2 Å². The standard InChI is InChI=1S/C12H17NO/c1-8-5-9(2)11-10(6-8)13-12(3,4)7-14-11/h5-6,13H,7H2,1-4H3. The van der Waals surface area contributed by atoms with Crippen molar-refractivity contribution in [1.29, 1.82) is 0 Å². The lowest BCUT2D eigenvalue weighted by Gasteiger charge is -2.34. The first kappa shape index (κ1) is 9.38. The molecule has 14 heavy (non-hydrogen) atoms. The molecule has 1 aromatic carbocycles. The van der Waals surface area contributed by atoms with Gasteiger partial charge in [-0.1, -0.05) is 6.07 Å². The highest BCUT2D eigenvalue weighted by Gasteiger charge is 2.26. The molecule has 1 N–H and O–H groups in total. The SMILES string of the molecule is Cc1cc(C)c2c(c1)NC(C)(C)CO2. The number of benzene rings is 1. The van der Waals surface area contributed by atoms with Crippen molar-refractivity contribution in [3.63, 3.8) is 0 Å². The molecule has 0 radical (unpaired) electrons. The highest BCUT2D eigenvalue weighted by Crippen LogP contribution is 2.36. The highest BCUT2D eigenvalue weighted by atomic mass is 16.5. The number of fused-ring (bicyclic) bond motifs is 1. The van der Waals surface area contributed by atoms with Gasteiger partial charge < -0.3 is 10.1 Å². The first-order valence-electron chi connectivity index (χ1n) is 5.00. The van der Waals surface area contributed by atoms with Crippen LogP contribution in [0.4, 0.5) is 5.69 Å². The van der Waals surface area contributed by atoms with E-state index in [2.05, 4.69) is 45.1 Å². The van der Waals surface area contributed by atoms with Crippen LogP contribution in [0.5, 0.6) is 5.75 Å². The molecule has 1 aliphatic heterocycles. The largest absolute Gasteiger partial charge is 0.489 e. The fourth-order valence-electron chi connectivity index (χ4n) is 1.89. The summed E-state index contributed by atoms with van der Waals surface area (Å²) in [5, 5.41) is 3.49. The van der Waals surface area contributed by atoms with Crippen molar-refractivity contribution in [1.82, 2.24) is 0 Å². The van der Waals surface area contributed by atoms with Gasteiger partial charge in [0.15, 0.2) is 0 Å². The van der Waals surface area contributed by atoms with Crippen molar-refractivity contribution in [3.05, 3.63) is 23.3 Å². The van der Waals surface area contributed by atoms with Crippen molar-refractivity contribution in [3.8, 4) is 5.75 Å². The maximum absolute atomic E-state index is 5.76. The Labute approximate surface area is 85.3 Å². The maximum Gasteiger partial charge on any atom is 0.145 e. The van der Waals surface area contributed by atoms with E-state index < -0.39 is 0 Å². The summed E-state index contributed by atoms with van der Waals surface area (Å²) in [5.74, 6) is 1.01. The third-order valence-corrected chi connectivity index (χ3v) is 2.47. The summed E-state index contributed by atoms with van der Waals surface area (Å²) in [6.45, 7) is 9.22. The Bertz CT molecular complexity index is 369. The van der Waals surface area contributed by atoms with Gasteiger partial charge in [0.1, 0.15) is 12.4 Å². The van der Waals surface area contributed by atoms with Gasteiger partial charge in [-0.25, -0.2) is 0 Å². The molecule has 0 amide bonds. The smallest absolute Gasteiger partial charge is 0.145 e. The molecule has 0 atom stereocenters. The first-order chi connectivity index (χ1) is 6.48. The summed E-state index contributed by atoms with van der Waals surface area (Å²) >= 11 is 0. The van der Waals surface area contributed by atoms with E-state index in [1.807, 2.05) is 0 Å². The van der Waals surface area contributed by atoms with Gasteiger partial charge in [-0.15, -0.1) is 0 Å². The highest BCUT2D eigenvalue weighted by molar-refractivity contribution is 5.64. The number of hydrogen-bond acceptors (Lipinski definition) is 2. The van der Waals surface area contributed by atoms with Crippen LogP contribution in [0.2, 0.25) is 0 Å². The summed E-state index contributed by atoms with van der Waals surface area (Å²) in [5.41, 5.74) is 3.64. The van der Waals surface area contributed by atoms with E-state index in [1.165, 1.54) is 11.1 Å². The molecule has 1 heterocycles. The zero-order valence-electron chi connectivity index (χ0n) is 9.27. The molecule has 0 spiro atoms. The second-order valence-electron chi connectivity index (χ2n) is 4.76. The van der Waals surface area contributed by atoms with E-state index >= 15 is 0 Å². The average Bonchev–Trinajstić information content (AvgIpc) is 2.00. The summed E-state index contributed by atoms with van der Waals surface area (Å²) < 4.78 is 5.76. The topological polar surface area (TPSA) is 21.3 Å². The second-order valence-corrected chi connectivity index (χ2v) is 4.76. The molecule has 0 unspecified atom stereocenters. The lowest BCUT2D eigenvalue weighted by Crippen LogP contribution is -2.41. The van der Waals surface area contributed by atoms with Crippen molar-refractivity contribution < 1.29 is 4.74 Å². The van der Waals surface area contributed by atoms with E-state index in [0.29, 0.717) is 0 Å². The van der Waals surface area contributed by atoms with Crippen molar-refractivity contribution in [2.75, 3.05) is 11.9 Å².